The summed E-state index contributed by atoms with van der Waals surface area (Å²) in [7, 11) is 0. The topological polar surface area (TPSA) is 33.3 Å². The zero-order chi connectivity index (χ0) is 15.8. The van der Waals surface area contributed by atoms with E-state index in [0.29, 0.717) is 24.1 Å². The summed E-state index contributed by atoms with van der Waals surface area (Å²) in [5.41, 5.74) is 8.45. The summed E-state index contributed by atoms with van der Waals surface area (Å²) in [5, 5.41) is 0.655. The quantitative estimate of drug-likeness (QED) is 0.680. The Kier molecular flexibility index (Phi) is 6.56. The molecule has 0 aliphatic heterocycles. The third-order valence-electron chi connectivity index (χ3n) is 3.25. The number of nitrogens with one attached hydrogen (secondary N) is 2. The summed E-state index contributed by atoms with van der Waals surface area (Å²) >= 11 is 6.27. The number of ether oxygens (including phenoxy) is 1. The van der Waals surface area contributed by atoms with Crippen LogP contribution in [-0.2, 0) is 6.54 Å². The van der Waals surface area contributed by atoms with Crippen LogP contribution in [0.1, 0.15) is 25.8 Å². The molecule has 0 fully saturated rings. The molecule has 0 aliphatic carbocycles. The van der Waals surface area contributed by atoms with Gasteiger partial charge in [0.2, 0.25) is 0 Å². The van der Waals surface area contributed by atoms with Crippen LogP contribution in [0.5, 0.6) is 5.75 Å². The lowest BCUT2D eigenvalue weighted by Crippen LogP contribution is -2.20. The lowest BCUT2D eigenvalue weighted by molar-refractivity contribution is 0.289. The Labute approximate surface area is 137 Å². The molecule has 4 heteroatoms. The summed E-state index contributed by atoms with van der Waals surface area (Å²) in [6.07, 6.45) is 1.03. The fraction of sp³-hybridized carbons (Fsp3) is 0.333. The highest BCUT2D eigenvalue weighted by Gasteiger charge is 2.04. The first-order valence-corrected chi connectivity index (χ1v) is 7.98. The van der Waals surface area contributed by atoms with E-state index in [1.165, 1.54) is 0 Å². The minimum Gasteiger partial charge on any atom is -0.492 e. The maximum absolute atomic E-state index is 6.27. The molecule has 0 amide bonds. The van der Waals surface area contributed by atoms with Crippen LogP contribution in [0.15, 0.2) is 48.5 Å². The maximum atomic E-state index is 6.27. The van der Waals surface area contributed by atoms with Crippen LogP contribution in [0, 0.1) is 5.92 Å². The fourth-order valence-electron chi connectivity index (χ4n) is 1.95. The van der Waals surface area contributed by atoms with Crippen molar-refractivity contribution in [3.8, 4) is 5.75 Å². The average Bonchev–Trinajstić information content (AvgIpc) is 2.50. The van der Waals surface area contributed by atoms with Gasteiger partial charge in [-0.1, -0.05) is 49.7 Å². The summed E-state index contributed by atoms with van der Waals surface area (Å²) < 4.78 is 5.71. The molecular weight excluding hydrogens is 296 g/mol. The fourth-order valence-corrected chi connectivity index (χ4v) is 2.20. The van der Waals surface area contributed by atoms with Gasteiger partial charge in [0.25, 0.3) is 0 Å². The van der Waals surface area contributed by atoms with Crippen LogP contribution in [0.4, 0.5) is 5.69 Å². The number of para-hydroxylation sites is 1. The van der Waals surface area contributed by atoms with Crippen LogP contribution >= 0.6 is 11.6 Å². The zero-order valence-electron chi connectivity index (χ0n) is 13.1. The number of halogens is 1. The van der Waals surface area contributed by atoms with Gasteiger partial charge in [0.15, 0.2) is 0 Å². The van der Waals surface area contributed by atoms with Gasteiger partial charge in [-0.15, -0.1) is 0 Å². The molecular formula is C18H23ClN2O. The van der Waals surface area contributed by atoms with Crippen molar-refractivity contribution in [1.29, 1.82) is 0 Å². The number of benzene rings is 2. The highest BCUT2D eigenvalue weighted by atomic mass is 35.5. The third-order valence-corrected chi connectivity index (χ3v) is 3.54. The second-order valence-corrected chi connectivity index (χ2v) is 6.05. The molecule has 0 radical (unpaired) electrons. The lowest BCUT2D eigenvalue weighted by Gasteiger charge is -2.12. The van der Waals surface area contributed by atoms with E-state index in [1.807, 2.05) is 48.5 Å². The van der Waals surface area contributed by atoms with Crippen molar-refractivity contribution in [2.45, 2.75) is 26.8 Å². The first-order valence-electron chi connectivity index (χ1n) is 7.60. The SMILES string of the molecule is CC(C)CCOc1ccc(CNNc2ccccc2)cc1Cl. The molecule has 2 N–H and O–H groups in total. The molecule has 2 aromatic carbocycles. The summed E-state index contributed by atoms with van der Waals surface area (Å²) in [6.45, 7) is 5.74. The largest absolute Gasteiger partial charge is 0.492 e. The summed E-state index contributed by atoms with van der Waals surface area (Å²) in [6, 6.07) is 15.9. The van der Waals surface area contributed by atoms with Gasteiger partial charge >= 0.3 is 0 Å². The monoisotopic (exact) mass is 318 g/mol. The first-order chi connectivity index (χ1) is 10.6. The van der Waals surface area contributed by atoms with Crippen molar-refractivity contribution >= 4 is 17.3 Å². The smallest absolute Gasteiger partial charge is 0.137 e. The number of anilines is 1. The molecule has 0 bridgehead atoms. The Bertz CT molecular complexity index is 573. The highest BCUT2D eigenvalue weighted by Crippen LogP contribution is 2.25. The van der Waals surface area contributed by atoms with Crippen LogP contribution in [0.2, 0.25) is 5.02 Å². The Morgan fingerprint density at radius 3 is 2.55 bits per heavy atom. The predicted octanol–water partition coefficient (Wildman–Crippen LogP) is 4.88. The molecule has 0 spiro atoms. The molecule has 0 aliphatic rings. The van der Waals surface area contributed by atoms with E-state index >= 15 is 0 Å². The van der Waals surface area contributed by atoms with E-state index in [1.54, 1.807) is 0 Å². The minimum absolute atomic E-state index is 0.631. The van der Waals surface area contributed by atoms with E-state index in [-0.39, 0.29) is 0 Å². The Morgan fingerprint density at radius 1 is 1.09 bits per heavy atom. The van der Waals surface area contributed by atoms with Crippen LogP contribution in [0.3, 0.4) is 0 Å². The lowest BCUT2D eigenvalue weighted by atomic mass is 10.1. The molecule has 0 saturated carbocycles. The van der Waals surface area contributed by atoms with Crippen molar-refractivity contribution in [1.82, 2.24) is 5.43 Å². The van der Waals surface area contributed by atoms with E-state index in [4.69, 9.17) is 16.3 Å². The molecule has 0 saturated heterocycles. The standard InChI is InChI=1S/C18H23ClN2O/c1-14(2)10-11-22-18-9-8-15(12-17(18)19)13-20-21-16-6-4-3-5-7-16/h3-9,12,14,20-21H,10-11,13H2,1-2H3. The molecule has 22 heavy (non-hydrogen) atoms. The van der Waals surface area contributed by atoms with E-state index < -0.39 is 0 Å². The van der Waals surface area contributed by atoms with Crippen LogP contribution < -0.4 is 15.6 Å². The van der Waals surface area contributed by atoms with Crippen LogP contribution in [0.25, 0.3) is 0 Å². The van der Waals surface area contributed by atoms with Crippen molar-refractivity contribution in [3.63, 3.8) is 0 Å². The highest BCUT2D eigenvalue weighted by molar-refractivity contribution is 6.32. The second-order valence-electron chi connectivity index (χ2n) is 5.64. The summed E-state index contributed by atoms with van der Waals surface area (Å²) in [4.78, 5) is 0. The zero-order valence-corrected chi connectivity index (χ0v) is 13.9. The molecule has 2 rings (SSSR count). The van der Waals surface area contributed by atoms with Crippen molar-refractivity contribution < 1.29 is 4.74 Å². The number of hydrogen-bond acceptors (Lipinski definition) is 3. The van der Waals surface area contributed by atoms with Gasteiger partial charge in [-0.2, -0.15) is 0 Å². The van der Waals surface area contributed by atoms with Gasteiger partial charge in [-0.25, -0.2) is 5.43 Å². The van der Waals surface area contributed by atoms with Gasteiger partial charge in [-0.05, 0) is 42.2 Å². The Balaban J connectivity index is 1.81. The van der Waals surface area contributed by atoms with E-state index in [2.05, 4.69) is 24.7 Å². The summed E-state index contributed by atoms with van der Waals surface area (Å²) in [5.74, 6) is 1.38. The molecule has 0 unspecified atom stereocenters. The Morgan fingerprint density at radius 2 is 1.86 bits per heavy atom. The van der Waals surface area contributed by atoms with E-state index in [0.717, 1.165) is 23.4 Å². The molecule has 0 atom stereocenters. The Hall–Kier alpha value is -1.71. The molecule has 118 valence electrons. The maximum Gasteiger partial charge on any atom is 0.137 e. The van der Waals surface area contributed by atoms with E-state index in [9.17, 15) is 0 Å². The van der Waals surface area contributed by atoms with Gasteiger partial charge in [0.1, 0.15) is 5.75 Å². The molecule has 0 heterocycles. The molecule has 0 aromatic heterocycles. The van der Waals surface area contributed by atoms with Gasteiger partial charge in [0.05, 0.1) is 11.6 Å². The van der Waals surface area contributed by atoms with Gasteiger partial charge in [-0.3, -0.25) is 0 Å². The predicted molar refractivity (Wildman–Crippen MR) is 93.3 cm³/mol. The average molecular weight is 319 g/mol. The number of hydrazine groups is 1. The van der Waals surface area contributed by atoms with Crippen molar-refractivity contribution in [2.75, 3.05) is 12.0 Å². The normalized spacial score (nSPS) is 10.7. The van der Waals surface area contributed by atoms with Crippen LogP contribution in [-0.4, -0.2) is 6.61 Å². The number of rotatable bonds is 8. The van der Waals surface area contributed by atoms with Crippen molar-refractivity contribution in [3.05, 3.63) is 59.1 Å². The minimum atomic E-state index is 0.631. The number of hydrogen-bond donors (Lipinski definition) is 2. The van der Waals surface area contributed by atoms with Gasteiger partial charge in [0, 0.05) is 12.2 Å². The van der Waals surface area contributed by atoms with Crippen molar-refractivity contribution in [2.24, 2.45) is 5.92 Å². The molecule has 3 nitrogen and oxygen atoms in total. The third kappa shape index (κ3) is 5.58. The first kappa shape index (κ1) is 16.7. The molecule has 2 aromatic rings. The van der Waals surface area contributed by atoms with Gasteiger partial charge < -0.3 is 10.2 Å². The second kappa shape index (κ2) is 8.66.